The first-order chi connectivity index (χ1) is 9.74. The Balaban J connectivity index is 2.11. The molecule has 0 aliphatic heterocycles. The fourth-order valence-corrected chi connectivity index (χ4v) is 1.92. The molecule has 0 aromatic heterocycles. The zero-order chi connectivity index (χ0) is 14.4. The van der Waals surface area contributed by atoms with Crippen LogP contribution in [0.3, 0.4) is 0 Å². The van der Waals surface area contributed by atoms with Gasteiger partial charge in [-0.3, -0.25) is 0 Å². The molecule has 2 rings (SSSR count). The van der Waals surface area contributed by atoms with Crippen LogP contribution in [0.1, 0.15) is 16.7 Å². The minimum Gasteiger partial charge on any atom is -0.381 e. The Hall–Kier alpha value is -2.38. The number of hydrogen-bond donors (Lipinski definition) is 1. The summed E-state index contributed by atoms with van der Waals surface area (Å²) < 4.78 is 18.9. The summed E-state index contributed by atoms with van der Waals surface area (Å²) in [5, 5.41) is 11.9. The van der Waals surface area contributed by atoms with Gasteiger partial charge in [0, 0.05) is 30.5 Å². The monoisotopic (exact) mass is 270 g/mol. The maximum atomic E-state index is 13.8. The maximum Gasteiger partial charge on any atom is 0.129 e. The number of halogens is 1. The summed E-state index contributed by atoms with van der Waals surface area (Å²) in [6.45, 7) is 0.858. The zero-order valence-electron chi connectivity index (χ0n) is 11.2. The molecule has 0 atom stereocenters. The number of methoxy groups -OCH3 is 1. The highest BCUT2D eigenvalue weighted by molar-refractivity contribution is 5.51. The van der Waals surface area contributed by atoms with Gasteiger partial charge in [-0.05, 0) is 18.2 Å². The van der Waals surface area contributed by atoms with Gasteiger partial charge in [-0.2, -0.15) is 5.26 Å². The largest absolute Gasteiger partial charge is 0.381 e. The van der Waals surface area contributed by atoms with Crippen LogP contribution in [0.2, 0.25) is 0 Å². The summed E-state index contributed by atoms with van der Waals surface area (Å²) in [6.07, 6.45) is 0. The molecule has 0 unspecified atom stereocenters. The predicted octanol–water partition coefficient (Wildman–Crippen LogP) is 3.46. The molecular formula is C16H15FN2O. The Bertz CT molecular complexity index is 635. The van der Waals surface area contributed by atoms with Crippen LogP contribution in [-0.2, 0) is 17.9 Å². The number of benzene rings is 2. The molecule has 102 valence electrons. The third-order valence-electron chi connectivity index (χ3n) is 2.97. The molecule has 0 radical (unpaired) electrons. The number of hydrogen-bond acceptors (Lipinski definition) is 3. The normalized spacial score (nSPS) is 10.1. The van der Waals surface area contributed by atoms with Crippen LogP contribution in [0.15, 0.2) is 42.5 Å². The van der Waals surface area contributed by atoms with Gasteiger partial charge in [0.15, 0.2) is 0 Å². The summed E-state index contributed by atoms with van der Waals surface area (Å²) in [4.78, 5) is 0. The average Bonchev–Trinajstić information content (AvgIpc) is 2.47. The third kappa shape index (κ3) is 3.34. The topological polar surface area (TPSA) is 45.0 Å². The zero-order valence-corrected chi connectivity index (χ0v) is 11.2. The van der Waals surface area contributed by atoms with Crippen LogP contribution in [0, 0.1) is 17.1 Å². The van der Waals surface area contributed by atoms with Gasteiger partial charge in [0.2, 0.25) is 0 Å². The average molecular weight is 270 g/mol. The van der Waals surface area contributed by atoms with Crippen molar-refractivity contribution in [2.24, 2.45) is 0 Å². The fraction of sp³-hybridized carbons (Fsp3) is 0.188. The lowest BCUT2D eigenvalue weighted by molar-refractivity contribution is 0.185. The van der Waals surface area contributed by atoms with Gasteiger partial charge in [-0.25, -0.2) is 4.39 Å². The Kier molecular flexibility index (Phi) is 4.70. The molecule has 2 aromatic rings. The molecule has 3 nitrogen and oxygen atoms in total. The molecule has 4 heteroatoms. The molecule has 1 N–H and O–H groups in total. The lowest BCUT2D eigenvalue weighted by Gasteiger charge is -2.12. The lowest BCUT2D eigenvalue weighted by atomic mass is 10.1. The first kappa shape index (κ1) is 14.0. The molecule has 0 fully saturated rings. The van der Waals surface area contributed by atoms with Crippen molar-refractivity contribution in [1.82, 2.24) is 0 Å². The van der Waals surface area contributed by atoms with Crippen molar-refractivity contribution < 1.29 is 9.13 Å². The molecule has 0 bridgehead atoms. The predicted molar refractivity (Wildman–Crippen MR) is 75.6 cm³/mol. The molecule has 0 aliphatic rings. The van der Waals surface area contributed by atoms with Gasteiger partial charge >= 0.3 is 0 Å². The van der Waals surface area contributed by atoms with Crippen molar-refractivity contribution in [3.05, 3.63) is 65.0 Å². The van der Waals surface area contributed by atoms with Gasteiger partial charge in [0.05, 0.1) is 18.2 Å². The van der Waals surface area contributed by atoms with Crippen LogP contribution in [-0.4, -0.2) is 7.11 Å². The standard InChI is InChI=1S/C16H15FN2O/c1-20-11-14-4-2-3-5-16(14)19-10-13-7-6-12(9-18)8-15(13)17/h2-8,19H,10-11H2,1H3. The first-order valence-electron chi connectivity index (χ1n) is 6.24. The van der Waals surface area contributed by atoms with E-state index in [1.165, 1.54) is 6.07 Å². The van der Waals surface area contributed by atoms with Crippen molar-refractivity contribution in [3.63, 3.8) is 0 Å². The second-order valence-electron chi connectivity index (χ2n) is 4.36. The van der Waals surface area contributed by atoms with Crippen LogP contribution in [0.25, 0.3) is 0 Å². The summed E-state index contributed by atoms with van der Waals surface area (Å²) in [6, 6.07) is 14.1. The molecule has 0 heterocycles. The minimum atomic E-state index is -0.374. The number of para-hydroxylation sites is 1. The van der Waals surface area contributed by atoms with E-state index in [0.29, 0.717) is 24.3 Å². The van der Waals surface area contributed by atoms with Gasteiger partial charge in [-0.15, -0.1) is 0 Å². The third-order valence-corrected chi connectivity index (χ3v) is 2.97. The summed E-state index contributed by atoms with van der Waals surface area (Å²) in [5.74, 6) is -0.374. The molecule has 2 aromatic carbocycles. The highest BCUT2D eigenvalue weighted by Gasteiger charge is 2.05. The molecule has 0 saturated heterocycles. The highest BCUT2D eigenvalue weighted by atomic mass is 19.1. The van der Waals surface area contributed by atoms with Gasteiger partial charge in [0.25, 0.3) is 0 Å². The van der Waals surface area contributed by atoms with Crippen molar-refractivity contribution in [2.75, 3.05) is 12.4 Å². The van der Waals surface area contributed by atoms with Crippen LogP contribution in [0.4, 0.5) is 10.1 Å². The number of ether oxygens (including phenoxy) is 1. The van der Waals surface area contributed by atoms with E-state index in [0.717, 1.165) is 11.3 Å². The van der Waals surface area contributed by atoms with Crippen molar-refractivity contribution in [3.8, 4) is 6.07 Å². The molecule has 0 amide bonds. The van der Waals surface area contributed by atoms with Gasteiger partial charge in [-0.1, -0.05) is 24.3 Å². The molecule has 20 heavy (non-hydrogen) atoms. The van der Waals surface area contributed by atoms with E-state index < -0.39 is 0 Å². The number of nitrogens with one attached hydrogen (secondary N) is 1. The Morgan fingerprint density at radius 3 is 2.70 bits per heavy atom. The van der Waals surface area contributed by atoms with Crippen LogP contribution < -0.4 is 5.32 Å². The summed E-state index contributed by atoms with van der Waals surface area (Å²) in [5.41, 5.74) is 2.78. The van der Waals surface area contributed by atoms with E-state index in [2.05, 4.69) is 5.32 Å². The fourth-order valence-electron chi connectivity index (χ4n) is 1.92. The van der Waals surface area contributed by atoms with E-state index in [-0.39, 0.29) is 5.82 Å². The van der Waals surface area contributed by atoms with E-state index in [1.54, 1.807) is 19.2 Å². The van der Waals surface area contributed by atoms with Crippen LogP contribution in [0.5, 0.6) is 0 Å². The molecule has 0 saturated carbocycles. The van der Waals surface area contributed by atoms with Crippen molar-refractivity contribution in [1.29, 1.82) is 5.26 Å². The first-order valence-corrected chi connectivity index (χ1v) is 6.24. The quantitative estimate of drug-likeness (QED) is 0.905. The van der Waals surface area contributed by atoms with Gasteiger partial charge in [0.1, 0.15) is 5.82 Å². The number of rotatable bonds is 5. The van der Waals surface area contributed by atoms with Crippen LogP contribution >= 0.6 is 0 Å². The van der Waals surface area contributed by atoms with E-state index in [1.807, 2.05) is 30.3 Å². The summed E-state index contributed by atoms with van der Waals surface area (Å²) >= 11 is 0. The van der Waals surface area contributed by atoms with E-state index in [4.69, 9.17) is 10.00 Å². The second-order valence-corrected chi connectivity index (χ2v) is 4.36. The van der Waals surface area contributed by atoms with E-state index in [9.17, 15) is 4.39 Å². The Morgan fingerprint density at radius 2 is 2.00 bits per heavy atom. The second kappa shape index (κ2) is 6.69. The lowest BCUT2D eigenvalue weighted by Crippen LogP contribution is -2.04. The van der Waals surface area contributed by atoms with Crippen molar-refractivity contribution in [2.45, 2.75) is 13.2 Å². The number of nitrogens with zero attached hydrogens (tertiary/aromatic N) is 1. The summed E-state index contributed by atoms with van der Waals surface area (Å²) in [7, 11) is 1.64. The Morgan fingerprint density at radius 1 is 1.20 bits per heavy atom. The molecular weight excluding hydrogens is 255 g/mol. The minimum absolute atomic E-state index is 0.325. The number of anilines is 1. The van der Waals surface area contributed by atoms with Gasteiger partial charge < -0.3 is 10.1 Å². The van der Waals surface area contributed by atoms with Crippen molar-refractivity contribution >= 4 is 5.69 Å². The molecule has 0 aliphatic carbocycles. The molecule has 0 spiro atoms. The number of nitriles is 1. The smallest absolute Gasteiger partial charge is 0.129 e. The Labute approximate surface area is 117 Å². The van der Waals surface area contributed by atoms with E-state index >= 15 is 0 Å². The SMILES string of the molecule is COCc1ccccc1NCc1ccc(C#N)cc1F. The highest BCUT2D eigenvalue weighted by Crippen LogP contribution is 2.18. The maximum absolute atomic E-state index is 13.8.